The summed E-state index contributed by atoms with van der Waals surface area (Å²) < 4.78 is 15.3. The molecule has 1 amide bonds. The van der Waals surface area contributed by atoms with Crippen molar-refractivity contribution >= 4 is 17.4 Å². The van der Waals surface area contributed by atoms with Gasteiger partial charge in [-0.15, -0.1) is 0 Å². The number of pyridine rings is 1. The van der Waals surface area contributed by atoms with Crippen molar-refractivity contribution in [3.63, 3.8) is 0 Å². The largest absolute Gasteiger partial charge is 0.340 e. The number of aryl methyl sites for hydroxylation is 2. The summed E-state index contributed by atoms with van der Waals surface area (Å²) in [6, 6.07) is 13.8. The topological polar surface area (TPSA) is 66.6 Å². The van der Waals surface area contributed by atoms with E-state index >= 15 is 0 Å². The minimum absolute atomic E-state index is 0.0240. The van der Waals surface area contributed by atoms with Crippen LogP contribution in [0.5, 0.6) is 0 Å². The summed E-state index contributed by atoms with van der Waals surface area (Å²) in [5, 5.41) is 4.67. The Balaban J connectivity index is 1.28. The minimum Gasteiger partial charge on any atom is -0.340 e. The molecule has 4 aromatic rings. The molecule has 5 heterocycles. The molecule has 7 nitrogen and oxygen atoms in total. The Labute approximate surface area is 196 Å². The molecule has 1 aromatic carbocycles. The first-order valence-electron chi connectivity index (χ1n) is 11.6. The molecule has 2 unspecified atom stereocenters. The molecule has 3 aromatic heterocycles. The van der Waals surface area contributed by atoms with E-state index in [1.165, 1.54) is 12.1 Å². The third-order valence-electron chi connectivity index (χ3n) is 6.90. The van der Waals surface area contributed by atoms with E-state index in [-0.39, 0.29) is 11.7 Å². The van der Waals surface area contributed by atoms with Crippen LogP contribution in [0.1, 0.15) is 21.7 Å². The van der Waals surface area contributed by atoms with E-state index in [1.807, 2.05) is 49.2 Å². The van der Waals surface area contributed by atoms with Gasteiger partial charge < -0.3 is 9.80 Å². The molecule has 0 radical (unpaired) electrons. The van der Waals surface area contributed by atoms with E-state index in [1.54, 1.807) is 16.6 Å². The summed E-state index contributed by atoms with van der Waals surface area (Å²) in [6.07, 6.45) is 1.83. The second-order valence-electron chi connectivity index (χ2n) is 9.35. The van der Waals surface area contributed by atoms with Crippen LogP contribution >= 0.6 is 0 Å². The zero-order valence-corrected chi connectivity index (χ0v) is 19.1. The maximum absolute atomic E-state index is 13.8. The molecule has 2 fully saturated rings. The van der Waals surface area contributed by atoms with Crippen LogP contribution in [-0.2, 0) is 0 Å². The zero-order chi connectivity index (χ0) is 23.4. The Morgan fingerprint density at radius 1 is 0.941 bits per heavy atom. The number of halogens is 1. The molecule has 2 saturated heterocycles. The molecule has 2 aliphatic rings. The van der Waals surface area contributed by atoms with E-state index in [0.29, 0.717) is 36.2 Å². The molecule has 0 spiro atoms. The molecule has 0 aliphatic carbocycles. The van der Waals surface area contributed by atoms with E-state index in [0.717, 1.165) is 41.5 Å². The smallest absolute Gasteiger partial charge is 0.258 e. The van der Waals surface area contributed by atoms with Gasteiger partial charge in [0.15, 0.2) is 0 Å². The van der Waals surface area contributed by atoms with Gasteiger partial charge in [-0.2, -0.15) is 5.10 Å². The Kier molecular flexibility index (Phi) is 4.83. The summed E-state index contributed by atoms with van der Waals surface area (Å²) in [5.74, 6) is 1.20. The van der Waals surface area contributed by atoms with Crippen molar-refractivity contribution in [2.75, 3.05) is 31.1 Å². The Morgan fingerprint density at radius 2 is 1.62 bits per heavy atom. The summed E-state index contributed by atoms with van der Waals surface area (Å²) in [6.45, 7) is 7.05. The fourth-order valence-electron chi connectivity index (χ4n) is 5.35. The number of carbonyl (C=O) groups excluding carboxylic acids is 1. The lowest BCUT2D eigenvalue weighted by Gasteiger charge is -2.22. The number of rotatable bonds is 3. The lowest BCUT2D eigenvalue weighted by molar-refractivity contribution is 0.0785. The fraction of sp³-hybridized carbons (Fsp3) is 0.308. The maximum Gasteiger partial charge on any atom is 0.258 e. The number of aromatic nitrogens is 4. The predicted molar refractivity (Wildman–Crippen MR) is 127 cm³/mol. The third kappa shape index (κ3) is 3.50. The van der Waals surface area contributed by atoms with Gasteiger partial charge in [-0.3, -0.25) is 4.79 Å². The molecular weight excluding hydrogens is 431 g/mol. The van der Waals surface area contributed by atoms with Gasteiger partial charge >= 0.3 is 0 Å². The molecular formula is C26H25FN6O. The van der Waals surface area contributed by atoms with Crippen molar-refractivity contribution < 1.29 is 9.18 Å². The quantitative estimate of drug-likeness (QED) is 0.470. The van der Waals surface area contributed by atoms with Gasteiger partial charge in [-0.25, -0.2) is 18.9 Å². The normalized spacial score (nSPS) is 19.7. The van der Waals surface area contributed by atoms with Gasteiger partial charge in [-0.1, -0.05) is 6.07 Å². The Morgan fingerprint density at radius 3 is 2.29 bits per heavy atom. The molecule has 8 heteroatoms. The highest BCUT2D eigenvalue weighted by atomic mass is 19.1. The summed E-state index contributed by atoms with van der Waals surface area (Å²) in [7, 11) is 0. The predicted octanol–water partition coefficient (Wildman–Crippen LogP) is 3.76. The zero-order valence-electron chi connectivity index (χ0n) is 19.1. The van der Waals surface area contributed by atoms with E-state index in [2.05, 4.69) is 20.0 Å². The number of amides is 1. The van der Waals surface area contributed by atoms with Gasteiger partial charge in [0.2, 0.25) is 5.95 Å². The van der Waals surface area contributed by atoms with Crippen LogP contribution in [-0.4, -0.2) is 56.6 Å². The van der Waals surface area contributed by atoms with Crippen LogP contribution in [0.3, 0.4) is 0 Å². The van der Waals surface area contributed by atoms with Crippen molar-refractivity contribution in [1.29, 1.82) is 0 Å². The highest BCUT2D eigenvalue weighted by Crippen LogP contribution is 2.35. The standard InChI is InChI=1S/C26H25FN6O/c1-16-11-17(2)29-26(28-16)32-14-19-12-31(13-20(19)15-32)25(34)23-22-5-3-4-10-33(22)30-24(23)18-6-8-21(27)9-7-18/h3-11,19-20H,12-15H2,1-2H3. The number of nitrogens with zero attached hydrogens (tertiary/aromatic N) is 6. The highest BCUT2D eigenvalue weighted by Gasteiger charge is 2.43. The van der Waals surface area contributed by atoms with Crippen LogP contribution in [0.25, 0.3) is 16.8 Å². The average molecular weight is 457 g/mol. The molecule has 6 rings (SSSR count). The highest BCUT2D eigenvalue weighted by molar-refractivity contribution is 6.06. The third-order valence-corrected chi connectivity index (χ3v) is 6.90. The Bertz CT molecular complexity index is 1360. The summed E-state index contributed by atoms with van der Waals surface area (Å²) in [4.78, 5) is 27.3. The minimum atomic E-state index is -0.315. The first-order chi connectivity index (χ1) is 16.5. The lowest BCUT2D eigenvalue weighted by atomic mass is 10.0. The number of likely N-dealkylation sites (tertiary alicyclic amines) is 1. The van der Waals surface area contributed by atoms with Crippen LogP contribution in [0.4, 0.5) is 10.3 Å². The average Bonchev–Trinajstić information content (AvgIpc) is 3.50. The second-order valence-corrected chi connectivity index (χ2v) is 9.35. The van der Waals surface area contributed by atoms with Crippen LogP contribution in [0, 0.1) is 31.5 Å². The van der Waals surface area contributed by atoms with Gasteiger partial charge in [0.25, 0.3) is 5.91 Å². The number of anilines is 1. The number of fused-ring (bicyclic) bond motifs is 2. The van der Waals surface area contributed by atoms with Crippen molar-refractivity contribution in [2.24, 2.45) is 11.8 Å². The van der Waals surface area contributed by atoms with Crippen LogP contribution in [0.15, 0.2) is 54.7 Å². The first kappa shape index (κ1) is 20.8. The number of hydrogen-bond acceptors (Lipinski definition) is 5. The van der Waals surface area contributed by atoms with Gasteiger partial charge in [0, 0.05) is 61.2 Å². The molecule has 0 N–H and O–H groups in total. The SMILES string of the molecule is Cc1cc(C)nc(N2CC3CN(C(=O)c4c(-c5ccc(F)cc5)nn5ccccc45)CC3C2)n1. The summed E-state index contributed by atoms with van der Waals surface area (Å²) >= 11 is 0. The monoisotopic (exact) mass is 456 g/mol. The maximum atomic E-state index is 13.8. The first-order valence-corrected chi connectivity index (χ1v) is 11.6. The second kappa shape index (κ2) is 7.90. The molecule has 172 valence electrons. The molecule has 2 atom stereocenters. The van der Waals surface area contributed by atoms with Gasteiger partial charge in [-0.05, 0) is 56.3 Å². The summed E-state index contributed by atoms with van der Waals surface area (Å²) in [5.41, 5.74) is 4.58. The van der Waals surface area contributed by atoms with Crippen LogP contribution < -0.4 is 4.90 Å². The van der Waals surface area contributed by atoms with Crippen molar-refractivity contribution in [3.8, 4) is 11.3 Å². The number of hydrogen-bond donors (Lipinski definition) is 0. The number of benzene rings is 1. The van der Waals surface area contributed by atoms with E-state index in [9.17, 15) is 9.18 Å². The van der Waals surface area contributed by atoms with Crippen molar-refractivity contribution in [2.45, 2.75) is 13.8 Å². The van der Waals surface area contributed by atoms with Gasteiger partial charge in [0.1, 0.15) is 11.5 Å². The fourth-order valence-corrected chi connectivity index (χ4v) is 5.35. The van der Waals surface area contributed by atoms with Crippen LogP contribution in [0.2, 0.25) is 0 Å². The molecule has 0 bridgehead atoms. The van der Waals surface area contributed by atoms with Crippen molar-refractivity contribution in [1.82, 2.24) is 24.5 Å². The number of carbonyl (C=O) groups is 1. The van der Waals surface area contributed by atoms with E-state index in [4.69, 9.17) is 0 Å². The lowest BCUT2D eigenvalue weighted by Crippen LogP contribution is -2.34. The van der Waals surface area contributed by atoms with Crippen molar-refractivity contribution in [3.05, 3.63) is 77.5 Å². The molecule has 2 aliphatic heterocycles. The molecule has 34 heavy (non-hydrogen) atoms. The molecule has 0 saturated carbocycles. The van der Waals surface area contributed by atoms with Gasteiger partial charge in [0.05, 0.1) is 11.1 Å². The Hall–Kier alpha value is -3.81. The van der Waals surface area contributed by atoms with E-state index < -0.39 is 0 Å².